The van der Waals surface area contributed by atoms with Gasteiger partial charge in [0, 0.05) is 29.2 Å². The Morgan fingerprint density at radius 1 is 1.42 bits per heavy atom. The minimum absolute atomic E-state index is 0.0640. The molecule has 2 rings (SSSR count). The first kappa shape index (κ1) is 13.4. The number of halogens is 1. The van der Waals surface area contributed by atoms with Gasteiger partial charge in [-0.1, -0.05) is 11.6 Å². The molecule has 2 heterocycles. The quantitative estimate of drug-likeness (QED) is 0.636. The Hall–Kier alpha value is -2.01. The average Bonchev–Trinajstić information content (AvgIpc) is 2.43. The SMILES string of the molecule is COC(=O)Cc1c(C)nc(-c2cccnc2)nc1Cl. The average molecular weight is 278 g/mol. The van der Waals surface area contributed by atoms with Crippen LogP contribution in [0.25, 0.3) is 11.4 Å². The summed E-state index contributed by atoms with van der Waals surface area (Å²) < 4.78 is 4.62. The van der Waals surface area contributed by atoms with E-state index in [2.05, 4.69) is 19.7 Å². The molecule has 0 spiro atoms. The number of carbonyl (C=O) groups excluding carboxylic acids is 1. The Balaban J connectivity index is 2.40. The lowest BCUT2D eigenvalue weighted by molar-refractivity contribution is -0.139. The number of aromatic nitrogens is 3. The zero-order chi connectivity index (χ0) is 13.8. The standard InChI is InChI=1S/C13H12ClN3O2/c1-8-10(6-11(18)19-2)12(14)17-13(16-8)9-4-3-5-15-7-9/h3-5,7H,6H2,1-2H3. The number of pyridine rings is 1. The number of ether oxygens (including phenoxy) is 1. The van der Waals surface area contributed by atoms with E-state index in [1.54, 1.807) is 25.4 Å². The van der Waals surface area contributed by atoms with Crippen molar-refractivity contribution in [1.29, 1.82) is 0 Å². The van der Waals surface area contributed by atoms with Crippen LogP contribution in [0, 0.1) is 6.92 Å². The summed E-state index contributed by atoms with van der Waals surface area (Å²) in [4.78, 5) is 23.8. The summed E-state index contributed by atoms with van der Waals surface area (Å²) in [5.74, 6) is 0.118. The third kappa shape index (κ3) is 3.06. The zero-order valence-electron chi connectivity index (χ0n) is 10.6. The van der Waals surface area contributed by atoms with Gasteiger partial charge in [0.15, 0.2) is 5.82 Å². The number of carbonyl (C=O) groups is 1. The molecule has 0 amide bonds. The molecule has 2 aromatic heterocycles. The summed E-state index contributed by atoms with van der Waals surface area (Å²) in [7, 11) is 1.33. The molecule has 0 fully saturated rings. The molecule has 0 aliphatic heterocycles. The predicted molar refractivity (Wildman–Crippen MR) is 70.7 cm³/mol. The summed E-state index contributed by atoms with van der Waals surface area (Å²) in [6, 6.07) is 3.64. The molecule has 98 valence electrons. The van der Waals surface area contributed by atoms with Crippen LogP contribution < -0.4 is 0 Å². The van der Waals surface area contributed by atoms with Crippen LogP contribution in [0.2, 0.25) is 5.15 Å². The Morgan fingerprint density at radius 2 is 2.21 bits per heavy atom. The molecule has 0 saturated carbocycles. The second-order valence-electron chi connectivity index (χ2n) is 3.90. The molecule has 0 aliphatic rings. The summed E-state index contributed by atoms with van der Waals surface area (Å²) in [5, 5.41) is 0.261. The van der Waals surface area contributed by atoms with Crippen molar-refractivity contribution in [2.75, 3.05) is 7.11 Å². The summed E-state index contributed by atoms with van der Waals surface area (Å²) >= 11 is 6.11. The van der Waals surface area contributed by atoms with Crippen LogP contribution in [0.4, 0.5) is 0 Å². The molecule has 2 aromatic rings. The molecule has 0 saturated heterocycles. The lowest BCUT2D eigenvalue weighted by Gasteiger charge is -2.08. The molecule has 19 heavy (non-hydrogen) atoms. The van der Waals surface area contributed by atoms with Gasteiger partial charge < -0.3 is 4.74 Å². The van der Waals surface area contributed by atoms with Crippen molar-refractivity contribution in [3.8, 4) is 11.4 Å². The minimum Gasteiger partial charge on any atom is -0.469 e. The van der Waals surface area contributed by atoms with E-state index in [1.807, 2.05) is 6.07 Å². The highest BCUT2D eigenvalue weighted by Crippen LogP contribution is 2.22. The largest absolute Gasteiger partial charge is 0.469 e. The zero-order valence-corrected chi connectivity index (χ0v) is 11.3. The smallest absolute Gasteiger partial charge is 0.310 e. The van der Waals surface area contributed by atoms with Crippen molar-refractivity contribution >= 4 is 17.6 Å². The number of methoxy groups -OCH3 is 1. The second-order valence-corrected chi connectivity index (χ2v) is 4.25. The van der Waals surface area contributed by atoms with Gasteiger partial charge in [-0.3, -0.25) is 9.78 Å². The van der Waals surface area contributed by atoms with Crippen LogP contribution >= 0.6 is 11.6 Å². The molecule has 5 nitrogen and oxygen atoms in total. The predicted octanol–water partition coefficient (Wildman–Crippen LogP) is 2.22. The fourth-order valence-corrected chi connectivity index (χ4v) is 1.89. The molecule has 0 aliphatic carbocycles. The van der Waals surface area contributed by atoms with E-state index < -0.39 is 0 Å². The Bertz CT molecular complexity index is 579. The second kappa shape index (κ2) is 5.75. The van der Waals surface area contributed by atoms with Crippen LogP contribution in [-0.2, 0) is 16.0 Å². The lowest BCUT2D eigenvalue weighted by atomic mass is 10.1. The number of hydrogen-bond donors (Lipinski definition) is 0. The number of esters is 1. The maximum absolute atomic E-state index is 11.3. The van der Waals surface area contributed by atoms with Crippen LogP contribution in [0.15, 0.2) is 24.5 Å². The molecule has 0 atom stereocenters. The van der Waals surface area contributed by atoms with Crippen LogP contribution in [0.1, 0.15) is 11.3 Å². The van der Waals surface area contributed by atoms with E-state index >= 15 is 0 Å². The van der Waals surface area contributed by atoms with Crippen molar-refractivity contribution in [2.45, 2.75) is 13.3 Å². The van der Waals surface area contributed by atoms with Gasteiger partial charge in [0.25, 0.3) is 0 Å². The molecular weight excluding hydrogens is 266 g/mol. The highest BCUT2D eigenvalue weighted by molar-refractivity contribution is 6.30. The maximum atomic E-state index is 11.3. The first-order chi connectivity index (χ1) is 9.11. The van der Waals surface area contributed by atoms with Crippen molar-refractivity contribution in [3.05, 3.63) is 40.9 Å². The molecule has 0 radical (unpaired) electrons. The molecular formula is C13H12ClN3O2. The van der Waals surface area contributed by atoms with Crippen molar-refractivity contribution in [1.82, 2.24) is 15.0 Å². The van der Waals surface area contributed by atoms with Gasteiger partial charge in [-0.2, -0.15) is 0 Å². The Labute approximate surface area is 115 Å². The highest BCUT2D eigenvalue weighted by Gasteiger charge is 2.14. The summed E-state index contributed by atoms with van der Waals surface area (Å²) in [5.41, 5.74) is 2.02. The maximum Gasteiger partial charge on any atom is 0.310 e. The topological polar surface area (TPSA) is 65.0 Å². The number of nitrogens with zero attached hydrogens (tertiary/aromatic N) is 3. The van der Waals surface area contributed by atoms with E-state index in [-0.39, 0.29) is 17.5 Å². The first-order valence-electron chi connectivity index (χ1n) is 5.62. The number of aryl methyl sites for hydroxylation is 1. The Morgan fingerprint density at radius 3 is 2.79 bits per heavy atom. The molecule has 6 heteroatoms. The minimum atomic E-state index is -0.372. The third-order valence-corrected chi connectivity index (χ3v) is 2.94. The van der Waals surface area contributed by atoms with Crippen LogP contribution in [0.5, 0.6) is 0 Å². The first-order valence-corrected chi connectivity index (χ1v) is 6.00. The van der Waals surface area contributed by atoms with E-state index in [1.165, 1.54) is 7.11 Å². The van der Waals surface area contributed by atoms with Gasteiger partial charge in [-0.25, -0.2) is 9.97 Å². The number of rotatable bonds is 3. The van der Waals surface area contributed by atoms with Crippen molar-refractivity contribution in [3.63, 3.8) is 0 Å². The van der Waals surface area contributed by atoms with Gasteiger partial charge in [-0.15, -0.1) is 0 Å². The van der Waals surface area contributed by atoms with Crippen LogP contribution in [-0.4, -0.2) is 28.0 Å². The Kier molecular flexibility index (Phi) is 4.06. The van der Waals surface area contributed by atoms with Gasteiger partial charge >= 0.3 is 5.97 Å². The highest BCUT2D eigenvalue weighted by atomic mass is 35.5. The summed E-state index contributed by atoms with van der Waals surface area (Å²) in [6.07, 6.45) is 3.39. The van der Waals surface area contributed by atoms with E-state index in [9.17, 15) is 4.79 Å². The normalized spacial score (nSPS) is 10.3. The fraction of sp³-hybridized carbons (Fsp3) is 0.231. The van der Waals surface area contributed by atoms with Gasteiger partial charge in [0.2, 0.25) is 0 Å². The lowest BCUT2D eigenvalue weighted by Crippen LogP contribution is -2.09. The van der Waals surface area contributed by atoms with Gasteiger partial charge in [0.1, 0.15) is 5.15 Å². The van der Waals surface area contributed by atoms with Gasteiger partial charge in [0.05, 0.1) is 13.5 Å². The summed E-state index contributed by atoms with van der Waals surface area (Å²) in [6.45, 7) is 1.78. The molecule has 0 N–H and O–H groups in total. The molecule has 0 unspecified atom stereocenters. The molecule has 0 bridgehead atoms. The van der Waals surface area contributed by atoms with Crippen molar-refractivity contribution in [2.24, 2.45) is 0 Å². The molecule has 0 aromatic carbocycles. The van der Waals surface area contributed by atoms with E-state index in [0.717, 1.165) is 5.56 Å². The monoisotopic (exact) mass is 277 g/mol. The third-order valence-electron chi connectivity index (χ3n) is 2.63. The van der Waals surface area contributed by atoms with Crippen LogP contribution in [0.3, 0.4) is 0 Å². The van der Waals surface area contributed by atoms with Crippen molar-refractivity contribution < 1.29 is 9.53 Å². The van der Waals surface area contributed by atoms with E-state index in [4.69, 9.17) is 11.6 Å². The van der Waals surface area contributed by atoms with Gasteiger partial charge in [-0.05, 0) is 19.1 Å². The fourth-order valence-electron chi connectivity index (χ4n) is 1.60. The number of hydrogen-bond acceptors (Lipinski definition) is 5. The van der Waals surface area contributed by atoms with E-state index in [0.29, 0.717) is 17.1 Å².